The lowest BCUT2D eigenvalue weighted by Gasteiger charge is -1.95. The van der Waals surface area contributed by atoms with E-state index in [4.69, 9.17) is 10.3 Å². The lowest BCUT2D eigenvalue weighted by Crippen LogP contribution is -1.86. The highest BCUT2D eigenvalue weighted by atomic mass is 16.5. The molecule has 0 spiro atoms. The van der Waals surface area contributed by atoms with Gasteiger partial charge < -0.3 is 5.11 Å². The predicted molar refractivity (Wildman–Crippen MR) is 70.9 cm³/mol. The number of nitrogens with one attached hydrogen (secondary N) is 1. The van der Waals surface area contributed by atoms with Crippen LogP contribution in [0.15, 0.2) is 58.9 Å². The van der Waals surface area contributed by atoms with Crippen LogP contribution in [0, 0.1) is 9.81 Å². The minimum absolute atomic E-state index is 0.141. The molecule has 3 N–H and O–H groups in total. The standard InChI is InChI=1S/C6H6N2O2.C6H5NO2/c9-7-5-1-2-6(8-10)4-3-5;8-6-3-1-5(7-9)2-4-6/h1-4,7,9H;1-4,8H. The van der Waals surface area contributed by atoms with Crippen LogP contribution < -0.4 is 5.48 Å². The molecule has 2 rings (SSSR count). The molecular formula is C12H11N3O4. The van der Waals surface area contributed by atoms with Crippen LogP contribution in [-0.4, -0.2) is 10.3 Å². The zero-order chi connectivity index (χ0) is 14.1. The SMILES string of the molecule is O=Nc1ccc(NO)cc1.O=Nc1ccc(O)cc1. The molecule has 0 aromatic heterocycles. The second-order valence-corrected chi connectivity index (χ2v) is 3.36. The molecule has 98 valence electrons. The number of anilines is 1. The molecule has 0 heterocycles. The summed E-state index contributed by atoms with van der Waals surface area (Å²) in [5.74, 6) is 0.141. The van der Waals surface area contributed by atoms with Gasteiger partial charge in [-0.2, -0.15) is 0 Å². The van der Waals surface area contributed by atoms with Crippen molar-refractivity contribution in [2.24, 2.45) is 10.4 Å². The minimum Gasteiger partial charge on any atom is -0.508 e. The molecule has 19 heavy (non-hydrogen) atoms. The number of aromatic hydroxyl groups is 1. The summed E-state index contributed by atoms with van der Waals surface area (Å²) in [4.78, 5) is 19.7. The van der Waals surface area contributed by atoms with Gasteiger partial charge in [0, 0.05) is 0 Å². The molecule has 0 unspecified atom stereocenters. The molecule has 0 aliphatic heterocycles. The summed E-state index contributed by atoms with van der Waals surface area (Å²) in [6.45, 7) is 0. The van der Waals surface area contributed by atoms with Gasteiger partial charge in [0.2, 0.25) is 0 Å². The monoisotopic (exact) mass is 261 g/mol. The number of hydrogen-bond donors (Lipinski definition) is 3. The third-order valence-corrected chi connectivity index (χ3v) is 2.06. The van der Waals surface area contributed by atoms with Crippen LogP contribution in [0.3, 0.4) is 0 Å². The maximum absolute atomic E-state index is 9.87. The lowest BCUT2D eigenvalue weighted by atomic mass is 10.3. The van der Waals surface area contributed by atoms with E-state index in [-0.39, 0.29) is 5.75 Å². The zero-order valence-electron chi connectivity index (χ0n) is 9.72. The van der Waals surface area contributed by atoms with Crippen molar-refractivity contribution in [2.45, 2.75) is 0 Å². The fourth-order valence-electron chi connectivity index (χ4n) is 1.11. The van der Waals surface area contributed by atoms with E-state index in [0.717, 1.165) is 0 Å². The molecule has 0 bridgehead atoms. The topological polar surface area (TPSA) is 111 Å². The number of nitroso groups, excluding NO2 is 2. The Bertz CT molecular complexity index is 526. The van der Waals surface area contributed by atoms with Crippen molar-refractivity contribution >= 4 is 17.1 Å². The Balaban J connectivity index is 0.000000191. The summed E-state index contributed by atoms with van der Waals surface area (Å²) in [7, 11) is 0. The van der Waals surface area contributed by atoms with Crippen molar-refractivity contribution in [2.75, 3.05) is 5.48 Å². The van der Waals surface area contributed by atoms with Gasteiger partial charge in [0.1, 0.15) is 17.1 Å². The van der Waals surface area contributed by atoms with Gasteiger partial charge in [-0.15, -0.1) is 9.81 Å². The summed E-state index contributed by atoms with van der Waals surface area (Å²) in [6, 6.07) is 11.8. The molecule has 0 aliphatic rings. The van der Waals surface area contributed by atoms with Crippen molar-refractivity contribution in [3.05, 3.63) is 58.3 Å². The number of hydrogen-bond acceptors (Lipinski definition) is 7. The third-order valence-electron chi connectivity index (χ3n) is 2.06. The van der Waals surface area contributed by atoms with Gasteiger partial charge in [-0.1, -0.05) is 0 Å². The fraction of sp³-hybridized carbons (Fsp3) is 0. The molecule has 0 saturated carbocycles. The van der Waals surface area contributed by atoms with Gasteiger partial charge >= 0.3 is 0 Å². The van der Waals surface area contributed by atoms with Crippen LogP contribution in [0.4, 0.5) is 17.1 Å². The van der Waals surface area contributed by atoms with Gasteiger partial charge in [0.15, 0.2) is 0 Å². The Hall–Kier alpha value is -2.80. The van der Waals surface area contributed by atoms with Crippen LogP contribution in [0.1, 0.15) is 0 Å². The highest BCUT2D eigenvalue weighted by Gasteiger charge is 1.90. The quantitative estimate of drug-likeness (QED) is 0.576. The number of rotatable bonds is 3. The Labute approximate surface area is 108 Å². The van der Waals surface area contributed by atoms with E-state index >= 15 is 0 Å². The van der Waals surface area contributed by atoms with E-state index in [1.165, 1.54) is 36.4 Å². The van der Waals surface area contributed by atoms with E-state index in [1.807, 2.05) is 5.48 Å². The normalized spacial score (nSPS) is 8.89. The zero-order valence-corrected chi connectivity index (χ0v) is 9.72. The van der Waals surface area contributed by atoms with Gasteiger partial charge in [-0.3, -0.25) is 10.7 Å². The summed E-state index contributed by atoms with van der Waals surface area (Å²) in [6.07, 6.45) is 0. The second kappa shape index (κ2) is 7.51. The molecule has 0 amide bonds. The number of phenols is 1. The van der Waals surface area contributed by atoms with Crippen molar-refractivity contribution in [1.82, 2.24) is 0 Å². The molecule has 0 atom stereocenters. The first-order chi connectivity index (χ1) is 9.19. The van der Waals surface area contributed by atoms with Crippen molar-refractivity contribution in [3.8, 4) is 5.75 Å². The molecule has 2 aromatic rings. The summed E-state index contributed by atoms with van der Waals surface area (Å²) in [5, 5.41) is 22.4. The highest BCUT2D eigenvalue weighted by Crippen LogP contribution is 2.15. The molecule has 2 aromatic carbocycles. The molecule has 0 aliphatic carbocycles. The first-order valence-electron chi connectivity index (χ1n) is 5.15. The van der Waals surface area contributed by atoms with Crippen LogP contribution in [0.5, 0.6) is 5.75 Å². The number of phenolic OH excluding ortho intramolecular Hbond substituents is 1. The highest BCUT2D eigenvalue weighted by molar-refractivity contribution is 5.49. The molecule has 0 saturated heterocycles. The smallest absolute Gasteiger partial charge is 0.115 e. The number of benzene rings is 2. The molecule has 7 heteroatoms. The summed E-state index contributed by atoms with van der Waals surface area (Å²) < 4.78 is 0. The Morgan fingerprint density at radius 1 is 0.789 bits per heavy atom. The predicted octanol–water partition coefficient (Wildman–Crippen LogP) is 3.68. The number of nitrogens with zero attached hydrogens (tertiary/aromatic N) is 2. The van der Waals surface area contributed by atoms with Gasteiger partial charge in [-0.25, -0.2) is 0 Å². The first kappa shape index (κ1) is 14.3. The van der Waals surface area contributed by atoms with Crippen LogP contribution in [-0.2, 0) is 0 Å². The van der Waals surface area contributed by atoms with E-state index in [9.17, 15) is 9.81 Å². The second-order valence-electron chi connectivity index (χ2n) is 3.36. The van der Waals surface area contributed by atoms with E-state index < -0.39 is 0 Å². The fourth-order valence-corrected chi connectivity index (χ4v) is 1.11. The summed E-state index contributed by atoms with van der Waals surface area (Å²) >= 11 is 0. The van der Waals surface area contributed by atoms with E-state index in [0.29, 0.717) is 17.1 Å². The third kappa shape index (κ3) is 4.92. The average molecular weight is 261 g/mol. The molecule has 7 nitrogen and oxygen atoms in total. The van der Waals surface area contributed by atoms with Crippen molar-refractivity contribution in [1.29, 1.82) is 0 Å². The molecule has 0 fully saturated rings. The average Bonchev–Trinajstić information content (AvgIpc) is 2.49. The van der Waals surface area contributed by atoms with E-state index in [2.05, 4.69) is 10.4 Å². The van der Waals surface area contributed by atoms with Crippen LogP contribution >= 0.6 is 0 Å². The maximum Gasteiger partial charge on any atom is 0.115 e. The van der Waals surface area contributed by atoms with Crippen LogP contribution in [0.25, 0.3) is 0 Å². The molecule has 0 radical (unpaired) electrons. The van der Waals surface area contributed by atoms with Gasteiger partial charge in [0.25, 0.3) is 0 Å². The Morgan fingerprint density at radius 3 is 1.58 bits per heavy atom. The molecular weight excluding hydrogens is 250 g/mol. The van der Waals surface area contributed by atoms with Crippen LogP contribution in [0.2, 0.25) is 0 Å². The largest absolute Gasteiger partial charge is 0.508 e. The van der Waals surface area contributed by atoms with Gasteiger partial charge in [-0.05, 0) is 58.9 Å². The van der Waals surface area contributed by atoms with Crippen molar-refractivity contribution in [3.63, 3.8) is 0 Å². The van der Waals surface area contributed by atoms with Gasteiger partial charge in [0.05, 0.1) is 5.69 Å². The Kier molecular flexibility index (Phi) is 5.64. The lowest BCUT2D eigenvalue weighted by molar-refractivity contribution is 0.389. The van der Waals surface area contributed by atoms with E-state index in [1.54, 1.807) is 12.1 Å². The Morgan fingerprint density at radius 2 is 1.21 bits per heavy atom. The minimum atomic E-state index is 0.141. The van der Waals surface area contributed by atoms with Crippen molar-refractivity contribution < 1.29 is 10.3 Å². The summed E-state index contributed by atoms with van der Waals surface area (Å²) in [5.41, 5.74) is 3.14. The first-order valence-corrected chi connectivity index (χ1v) is 5.15. The maximum atomic E-state index is 9.87.